The van der Waals surface area contributed by atoms with Gasteiger partial charge in [-0.1, -0.05) is 37.3 Å². The number of carbonyl (C=O) groups excluding carboxylic acids is 3. The molecule has 1 aliphatic carbocycles. The minimum absolute atomic E-state index is 0.180. The van der Waals surface area contributed by atoms with Gasteiger partial charge in [-0.2, -0.15) is 0 Å². The molecule has 31 heavy (non-hydrogen) atoms. The molecule has 1 aliphatic rings. The Kier molecular flexibility index (Phi) is 8.62. The van der Waals surface area contributed by atoms with Gasteiger partial charge in [0, 0.05) is 6.04 Å². The summed E-state index contributed by atoms with van der Waals surface area (Å²) in [6.45, 7) is 7.91. The van der Waals surface area contributed by atoms with Crippen molar-refractivity contribution in [1.29, 1.82) is 0 Å². The first kappa shape index (κ1) is 24.9. The van der Waals surface area contributed by atoms with Crippen LogP contribution in [0.15, 0.2) is 30.3 Å². The molecule has 172 valence electrons. The molecule has 1 fully saturated rings. The van der Waals surface area contributed by atoms with Crippen molar-refractivity contribution in [2.45, 2.75) is 77.5 Å². The summed E-state index contributed by atoms with van der Waals surface area (Å²) < 4.78 is 10.5. The molecule has 0 spiro atoms. The van der Waals surface area contributed by atoms with E-state index in [0.29, 0.717) is 32.2 Å². The highest BCUT2D eigenvalue weighted by Crippen LogP contribution is 2.40. The number of esters is 1. The molecule has 0 saturated heterocycles. The smallest absolute Gasteiger partial charge is 0.407 e. The van der Waals surface area contributed by atoms with E-state index in [1.54, 1.807) is 20.8 Å². The second-order valence-corrected chi connectivity index (χ2v) is 9.18. The molecular formula is C24H36N2O5. The van der Waals surface area contributed by atoms with Crippen LogP contribution in [-0.4, -0.2) is 49.2 Å². The molecule has 2 rings (SSSR count). The Morgan fingerprint density at radius 1 is 1.19 bits per heavy atom. The Morgan fingerprint density at radius 2 is 1.87 bits per heavy atom. The summed E-state index contributed by atoms with van der Waals surface area (Å²) in [4.78, 5) is 39.0. The summed E-state index contributed by atoms with van der Waals surface area (Å²) in [5.74, 6) is -0.718. The van der Waals surface area contributed by atoms with Crippen molar-refractivity contribution in [1.82, 2.24) is 10.6 Å². The van der Waals surface area contributed by atoms with Gasteiger partial charge in [0.15, 0.2) is 5.78 Å². The van der Waals surface area contributed by atoms with Crippen molar-refractivity contribution >= 4 is 17.8 Å². The maximum absolute atomic E-state index is 13.8. The topological polar surface area (TPSA) is 93.7 Å². The van der Waals surface area contributed by atoms with E-state index in [2.05, 4.69) is 10.6 Å². The molecular weight excluding hydrogens is 396 g/mol. The van der Waals surface area contributed by atoms with Crippen LogP contribution < -0.4 is 10.6 Å². The summed E-state index contributed by atoms with van der Waals surface area (Å²) in [5, 5.41) is 6.09. The second kappa shape index (κ2) is 10.8. The lowest BCUT2D eigenvalue weighted by Crippen LogP contribution is -2.56. The molecule has 7 heteroatoms. The van der Waals surface area contributed by atoms with Gasteiger partial charge in [-0.3, -0.25) is 9.59 Å². The number of methoxy groups -OCH3 is 1. The lowest BCUT2D eigenvalue weighted by atomic mass is 9.67. The Morgan fingerprint density at radius 3 is 2.45 bits per heavy atom. The zero-order valence-electron chi connectivity index (χ0n) is 19.3. The largest absolute Gasteiger partial charge is 0.468 e. The summed E-state index contributed by atoms with van der Waals surface area (Å²) >= 11 is 0. The van der Waals surface area contributed by atoms with Crippen LogP contribution in [0.2, 0.25) is 0 Å². The number of hydrogen-bond acceptors (Lipinski definition) is 6. The number of nitrogens with one attached hydrogen (secondary N) is 2. The Labute approximate surface area is 185 Å². The number of alkyl carbamates (subject to hydrolysis) is 1. The van der Waals surface area contributed by atoms with E-state index in [1.807, 2.05) is 37.3 Å². The molecule has 2 N–H and O–H groups in total. The predicted octanol–water partition coefficient (Wildman–Crippen LogP) is 3.40. The predicted molar refractivity (Wildman–Crippen MR) is 119 cm³/mol. The third-order valence-electron chi connectivity index (χ3n) is 5.57. The van der Waals surface area contributed by atoms with Crippen LogP contribution in [0.1, 0.15) is 58.9 Å². The van der Waals surface area contributed by atoms with Crippen LogP contribution in [0.3, 0.4) is 0 Å². The molecule has 0 radical (unpaired) electrons. The molecule has 0 aromatic heterocycles. The molecule has 1 saturated carbocycles. The number of Topliss-reactive ketones (excluding diaryl/α,β-unsaturated/α-hetero) is 1. The number of rotatable bonds is 8. The van der Waals surface area contributed by atoms with Gasteiger partial charge in [-0.25, -0.2) is 4.79 Å². The second-order valence-electron chi connectivity index (χ2n) is 9.18. The van der Waals surface area contributed by atoms with Crippen LogP contribution in [0, 0.1) is 5.41 Å². The molecule has 0 bridgehead atoms. The van der Waals surface area contributed by atoms with E-state index in [-0.39, 0.29) is 18.2 Å². The number of ether oxygens (including phenoxy) is 2. The standard InChI is InChI=1S/C24H36N2O5/c1-6-25-19(15-17-11-8-7-9-12-17)20(27)24(21(28)30-5)14-10-13-18(16-24)26-22(29)31-23(2,3)4/h7-9,11-12,18-19,25H,6,10,13-16H2,1-5H3,(H,26,29). The minimum atomic E-state index is -1.30. The Bertz CT molecular complexity index is 759. The SMILES string of the molecule is CCNC(Cc1ccccc1)C(=O)C1(C(=O)OC)CCCC(NC(=O)OC(C)(C)C)C1. The number of ketones is 1. The summed E-state index contributed by atoms with van der Waals surface area (Å²) in [5.41, 5.74) is -0.908. The van der Waals surface area contributed by atoms with E-state index in [4.69, 9.17) is 9.47 Å². The van der Waals surface area contributed by atoms with Gasteiger partial charge in [0.25, 0.3) is 0 Å². The van der Waals surface area contributed by atoms with Gasteiger partial charge in [0.05, 0.1) is 13.2 Å². The van der Waals surface area contributed by atoms with Crippen molar-refractivity contribution in [2.24, 2.45) is 5.41 Å². The lowest BCUT2D eigenvalue weighted by molar-refractivity contribution is -0.162. The molecule has 1 aromatic carbocycles. The highest BCUT2D eigenvalue weighted by molar-refractivity contribution is 6.06. The summed E-state index contributed by atoms with van der Waals surface area (Å²) in [6.07, 6.45) is 1.85. The first-order chi connectivity index (χ1) is 14.6. The Balaban J connectivity index is 2.25. The van der Waals surface area contributed by atoms with Gasteiger partial charge in [0.2, 0.25) is 0 Å². The average molecular weight is 433 g/mol. The van der Waals surface area contributed by atoms with Gasteiger partial charge >= 0.3 is 12.1 Å². The zero-order valence-corrected chi connectivity index (χ0v) is 19.3. The number of likely N-dealkylation sites (N-methyl/N-ethyl adjacent to an activating group) is 1. The van der Waals surface area contributed by atoms with E-state index in [1.165, 1.54) is 7.11 Å². The van der Waals surface area contributed by atoms with Crippen molar-refractivity contribution in [3.63, 3.8) is 0 Å². The fourth-order valence-corrected chi connectivity index (χ4v) is 4.26. The van der Waals surface area contributed by atoms with Gasteiger partial charge in [-0.15, -0.1) is 0 Å². The van der Waals surface area contributed by atoms with E-state index >= 15 is 0 Å². The zero-order chi connectivity index (χ0) is 23.1. The number of benzene rings is 1. The Hall–Kier alpha value is -2.41. The first-order valence-electron chi connectivity index (χ1n) is 11.0. The minimum Gasteiger partial charge on any atom is -0.468 e. The molecule has 3 unspecified atom stereocenters. The number of amides is 1. The quantitative estimate of drug-likeness (QED) is 0.483. The lowest BCUT2D eigenvalue weighted by Gasteiger charge is -2.39. The summed E-state index contributed by atoms with van der Waals surface area (Å²) in [7, 11) is 1.31. The van der Waals surface area contributed by atoms with Gasteiger partial charge < -0.3 is 20.1 Å². The first-order valence-corrected chi connectivity index (χ1v) is 11.0. The van der Waals surface area contributed by atoms with Crippen molar-refractivity contribution < 1.29 is 23.9 Å². The van der Waals surface area contributed by atoms with E-state index in [9.17, 15) is 14.4 Å². The fourth-order valence-electron chi connectivity index (χ4n) is 4.26. The van der Waals surface area contributed by atoms with Crippen LogP contribution in [-0.2, 0) is 25.5 Å². The van der Waals surface area contributed by atoms with Crippen molar-refractivity contribution in [3.8, 4) is 0 Å². The van der Waals surface area contributed by atoms with Gasteiger partial charge in [-0.05, 0) is 65.0 Å². The van der Waals surface area contributed by atoms with E-state index < -0.39 is 29.1 Å². The third kappa shape index (κ3) is 6.79. The summed E-state index contributed by atoms with van der Waals surface area (Å²) in [6, 6.07) is 8.86. The molecule has 0 heterocycles. The number of hydrogen-bond donors (Lipinski definition) is 2. The highest BCUT2D eigenvalue weighted by Gasteiger charge is 2.52. The fraction of sp³-hybridized carbons (Fsp3) is 0.625. The van der Waals surface area contributed by atoms with Gasteiger partial charge in [0.1, 0.15) is 11.0 Å². The molecule has 3 atom stereocenters. The van der Waals surface area contributed by atoms with Crippen LogP contribution >= 0.6 is 0 Å². The third-order valence-corrected chi connectivity index (χ3v) is 5.57. The van der Waals surface area contributed by atoms with Crippen molar-refractivity contribution in [3.05, 3.63) is 35.9 Å². The monoisotopic (exact) mass is 432 g/mol. The normalized spacial score (nSPS) is 22.3. The maximum atomic E-state index is 13.8. The number of carbonyl (C=O) groups is 3. The average Bonchev–Trinajstić information content (AvgIpc) is 2.71. The molecule has 0 aliphatic heterocycles. The molecule has 1 aromatic rings. The van der Waals surface area contributed by atoms with E-state index in [0.717, 1.165) is 5.56 Å². The van der Waals surface area contributed by atoms with Crippen LogP contribution in [0.5, 0.6) is 0 Å². The van der Waals surface area contributed by atoms with Crippen LogP contribution in [0.4, 0.5) is 4.79 Å². The molecule has 1 amide bonds. The highest BCUT2D eigenvalue weighted by atomic mass is 16.6. The van der Waals surface area contributed by atoms with Crippen LogP contribution in [0.25, 0.3) is 0 Å². The molecule has 7 nitrogen and oxygen atoms in total. The maximum Gasteiger partial charge on any atom is 0.407 e. The van der Waals surface area contributed by atoms with Crippen molar-refractivity contribution in [2.75, 3.05) is 13.7 Å².